The zero-order chi connectivity index (χ0) is 15.5. The van der Waals surface area contributed by atoms with Crippen molar-refractivity contribution in [1.82, 2.24) is 4.98 Å². The number of fused-ring (bicyclic) bond motifs is 1. The molecule has 0 saturated heterocycles. The van der Waals surface area contributed by atoms with E-state index in [1.807, 2.05) is 18.2 Å². The summed E-state index contributed by atoms with van der Waals surface area (Å²) < 4.78 is 11.4. The first-order chi connectivity index (χ1) is 11.4. The normalized spacial score (nSPS) is 13.6. The highest BCUT2D eigenvalue weighted by Gasteiger charge is 2.13. The van der Waals surface area contributed by atoms with E-state index in [0.717, 1.165) is 40.6 Å². The molecule has 0 unspecified atom stereocenters. The summed E-state index contributed by atoms with van der Waals surface area (Å²) in [6.45, 7) is 1.41. The van der Waals surface area contributed by atoms with Crippen molar-refractivity contribution in [2.45, 2.75) is 12.8 Å². The van der Waals surface area contributed by atoms with E-state index in [1.54, 1.807) is 11.3 Å². The van der Waals surface area contributed by atoms with Crippen LogP contribution in [0.1, 0.15) is 17.0 Å². The third-order valence-electron chi connectivity index (χ3n) is 3.79. The Bertz CT molecular complexity index is 798. The molecule has 1 aliphatic rings. The molecule has 4 rings (SSSR count). The van der Waals surface area contributed by atoms with Crippen LogP contribution in [0.4, 0.5) is 0 Å². The quantitative estimate of drug-likeness (QED) is 0.708. The predicted molar refractivity (Wildman–Crippen MR) is 92.4 cm³/mol. The van der Waals surface area contributed by atoms with Gasteiger partial charge < -0.3 is 9.47 Å². The first kappa shape index (κ1) is 14.3. The molecule has 3 nitrogen and oxygen atoms in total. The van der Waals surface area contributed by atoms with Gasteiger partial charge in [-0.15, -0.1) is 11.3 Å². The second-order valence-electron chi connectivity index (χ2n) is 5.50. The van der Waals surface area contributed by atoms with E-state index in [9.17, 15) is 0 Å². The summed E-state index contributed by atoms with van der Waals surface area (Å²) in [7, 11) is 0. The van der Waals surface area contributed by atoms with Crippen LogP contribution in [0.2, 0.25) is 0 Å². The summed E-state index contributed by atoms with van der Waals surface area (Å²) in [6.07, 6.45) is 1.79. The van der Waals surface area contributed by atoms with Crippen molar-refractivity contribution in [3.63, 3.8) is 0 Å². The molecule has 0 saturated carbocycles. The van der Waals surface area contributed by atoms with E-state index < -0.39 is 0 Å². The molecule has 0 radical (unpaired) electrons. The molecule has 2 aromatic carbocycles. The number of nitrogens with zero attached hydrogens (tertiary/aromatic N) is 1. The fraction of sp³-hybridized carbons (Fsp3) is 0.211. The van der Waals surface area contributed by atoms with Crippen LogP contribution in [0.3, 0.4) is 0 Å². The van der Waals surface area contributed by atoms with Crippen molar-refractivity contribution in [2.24, 2.45) is 0 Å². The molecule has 0 amide bonds. The van der Waals surface area contributed by atoms with E-state index in [-0.39, 0.29) is 0 Å². The second-order valence-corrected chi connectivity index (χ2v) is 6.44. The third-order valence-corrected chi connectivity index (χ3v) is 4.64. The first-order valence-electron chi connectivity index (χ1n) is 7.77. The molecule has 3 aromatic rings. The van der Waals surface area contributed by atoms with Crippen LogP contribution in [-0.4, -0.2) is 18.2 Å². The van der Waals surface area contributed by atoms with Gasteiger partial charge in [0, 0.05) is 23.8 Å². The molecule has 1 aliphatic heterocycles. The third kappa shape index (κ3) is 3.22. The summed E-state index contributed by atoms with van der Waals surface area (Å²) in [5, 5.41) is 3.23. The van der Waals surface area contributed by atoms with E-state index >= 15 is 0 Å². The van der Waals surface area contributed by atoms with Gasteiger partial charge in [-0.1, -0.05) is 30.3 Å². The van der Waals surface area contributed by atoms with Gasteiger partial charge in [0.25, 0.3) is 0 Å². The Kier molecular flexibility index (Phi) is 3.99. The Morgan fingerprint density at radius 1 is 0.957 bits per heavy atom. The lowest BCUT2D eigenvalue weighted by atomic mass is 10.1. The molecule has 0 spiro atoms. The van der Waals surface area contributed by atoms with Gasteiger partial charge in [0.05, 0.1) is 23.9 Å². The lowest BCUT2D eigenvalue weighted by Gasteiger charge is -2.08. The maximum atomic E-state index is 5.76. The van der Waals surface area contributed by atoms with Crippen LogP contribution >= 0.6 is 11.3 Å². The van der Waals surface area contributed by atoms with Crippen molar-refractivity contribution in [2.75, 3.05) is 13.2 Å². The largest absolute Gasteiger partial charge is 0.490 e. The van der Waals surface area contributed by atoms with E-state index in [0.29, 0.717) is 13.2 Å². The first-order valence-corrected chi connectivity index (χ1v) is 8.65. The van der Waals surface area contributed by atoms with Crippen LogP contribution in [0.15, 0.2) is 53.9 Å². The minimum atomic E-state index is 0.701. The molecule has 0 atom stereocenters. The lowest BCUT2D eigenvalue weighted by Crippen LogP contribution is -1.97. The Balaban J connectivity index is 1.58. The number of rotatable bonds is 3. The fourth-order valence-corrected chi connectivity index (χ4v) is 3.46. The second kappa shape index (κ2) is 6.42. The summed E-state index contributed by atoms with van der Waals surface area (Å²) in [5.41, 5.74) is 3.36. The van der Waals surface area contributed by atoms with Crippen molar-refractivity contribution < 1.29 is 9.47 Å². The highest BCUT2D eigenvalue weighted by atomic mass is 32.1. The van der Waals surface area contributed by atoms with Crippen LogP contribution < -0.4 is 9.47 Å². The van der Waals surface area contributed by atoms with Crippen molar-refractivity contribution in [3.8, 4) is 22.8 Å². The summed E-state index contributed by atoms with van der Waals surface area (Å²) in [4.78, 5) is 4.77. The molecule has 0 bridgehead atoms. The molecule has 0 fully saturated rings. The topological polar surface area (TPSA) is 31.4 Å². The molecule has 116 valence electrons. The highest BCUT2D eigenvalue weighted by molar-refractivity contribution is 7.10. The molecular formula is C19H17NO2S. The number of thiazole rings is 1. The van der Waals surface area contributed by atoms with Crippen LogP contribution in [0.5, 0.6) is 11.5 Å². The number of hydrogen-bond acceptors (Lipinski definition) is 4. The minimum absolute atomic E-state index is 0.701. The van der Waals surface area contributed by atoms with Crippen LogP contribution in [0, 0.1) is 0 Å². The van der Waals surface area contributed by atoms with Gasteiger partial charge >= 0.3 is 0 Å². The van der Waals surface area contributed by atoms with Crippen LogP contribution in [-0.2, 0) is 6.42 Å². The Morgan fingerprint density at radius 2 is 1.78 bits per heavy atom. The van der Waals surface area contributed by atoms with E-state index in [1.165, 1.54) is 5.56 Å². The predicted octanol–water partition coefficient (Wildman–Crippen LogP) is 4.56. The monoisotopic (exact) mass is 323 g/mol. The number of benzene rings is 2. The maximum Gasteiger partial charge on any atom is 0.161 e. The average molecular weight is 323 g/mol. The summed E-state index contributed by atoms with van der Waals surface area (Å²) in [6, 6.07) is 16.5. The van der Waals surface area contributed by atoms with Gasteiger partial charge in [0.15, 0.2) is 11.5 Å². The number of hydrogen-bond donors (Lipinski definition) is 0. The standard InChI is InChI=1S/C19H17NO2S/c1-2-5-14(6-3-1)11-19-20-16(13-23-19)15-7-8-17-18(12-15)22-10-4-9-21-17/h1-3,5-8,12-13H,4,9-11H2. The molecule has 0 N–H and O–H groups in total. The maximum absolute atomic E-state index is 5.76. The summed E-state index contributed by atoms with van der Waals surface area (Å²) in [5.74, 6) is 1.64. The zero-order valence-electron chi connectivity index (χ0n) is 12.7. The Hall–Kier alpha value is -2.33. The van der Waals surface area contributed by atoms with Gasteiger partial charge in [-0.05, 0) is 23.8 Å². The SMILES string of the molecule is c1ccc(Cc2nc(-c3ccc4c(c3)OCCCO4)cs2)cc1. The molecule has 4 heteroatoms. The Labute approximate surface area is 139 Å². The fourth-order valence-electron chi connectivity index (χ4n) is 2.62. The average Bonchev–Trinajstić information content (AvgIpc) is 2.92. The van der Waals surface area contributed by atoms with Crippen LogP contribution in [0.25, 0.3) is 11.3 Å². The van der Waals surface area contributed by atoms with Gasteiger partial charge in [-0.25, -0.2) is 4.98 Å². The van der Waals surface area contributed by atoms with Crippen molar-refractivity contribution >= 4 is 11.3 Å². The number of ether oxygens (including phenoxy) is 2. The van der Waals surface area contributed by atoms with Gasteiger partial charge in [0.2, 0.25) is 0 Å². The van der Waals surface area contributed by atoms with Gasteiger partial charge in [-0.3, -0.25) is 0 Å². The van der Waals surface area contributed by atoms with Gasteiger partial charge in [0.1, 0.15) is 0 Å². The zero-order valence-corrected chi connectivity index (χ0v) is 13.5. The molecule has 23 heavy (non-hydrogen) atoms. The van der Waals surface area contributed by atoms with E-state index in [4.69, 9.17) is 14.5 Å². The van der Waals surface area contributed by atoms with Crippen molar-refractivity contribution in [3.05, 3.63) is 64.5 Å². The van der Waals surface area contributed by atoms with E-state index in [2.05, 4.69) is 35.7 Å². The smallest absolute Gasteiger partial charge is 0.161 e. The molecule has 1 aromatic heterocycles. The molecule has 0 aliphatic carbocycles. The summed E-state index contributed by atoms with van der Waals surface area (Å²) >= 11 is 1.70. The lowest BCUT2D eigenvalue weighted by molar-refractivity contribution is 0.297. The number of aromatic nitrogens is 1. The minimum Gasteiger partial charge on any atom is -0.490 e. The Morgan fingerprint density at radius 3 is 2.65 bits per heavy atom. The highest BCUT2D eigenvalue weighted by Crippen LogP contribution is 2.34. The van der Waals surface area contributed by atoms with Crippen molar-refractivity contribution in [1.29, 1.82) is 0 Å². The van der Waals surface area contributed by atoms with Gasteiger partial charge in [-0.2, -0.15) is 0 Å². The molecular weight excluding hydrogens is 306 g/mol. The molecule has 2 heterocycles.